The van der Waals surface area contributed by atoms with Gasteiger partial charge < -0.3 is 0 Å². The highest BCUT2D eigenvalue weighted by Crippen LogP contribution is 2.31. The van der Waals surface area contributed by atoms with Crippen molar-refractivity contribution >= 4 is 17.2 Å². The summed E-state index contributed by atoms with van der Waals surface area (Å²) < 4.78 is 15.1. The van der Waals surface area contributed by atoms with E-state index in [-0.39, 0.29) is 5.82 Å². The molecular weight excluding hydrogens is 289 g/mol. The van der Waals surface area contributed by atoms with E-state index in [1.807, 2.05) is 6.07 Å². The van der Waals surface area contributed by atoms with Gasteiger partial charge in [0.2, 0.25) is 0 Å². The standard InChI is InChI=1S/C16H13ClFN3/c17-15-12-6-1-2-7-14(12)20-16-13(9-19-21(15)16)10-4-3-5-11(18)8-10/h3-5,8-9H,1-2,6-7H2. The smallest absolute Gasteiger partial charge is 0.164 e. The molecule has 21 heavy (non-hydrogen) atoms. The number of hydrogen-bond donors (Lipinski definition) is 0. The normalized spacial score (nSPS) is 14.4. The first kappa shape index (κ1) is 12.8. The maximum Gasteiger partial charge on any atom is 0.164 e. The highest BCUT2D eigenvalue weighted by molar-refractivity contribution is 6.30. The highest BCUT2D eigenvalue weighted by Gasteiger charge is 2.20. The summed E-state index contributed by atoms with van der Waals surface area (Å²) in [5, 5.41) is 4.97. The first-order valence-corrected chi connectivity index (χ1v) is 7.43. The molecule has 3 aromatic rings. The van der Waals surface area contributed by atoms with Gasteiger partial charge in [-0.1, -0.05) is 23.7 Å². The lowest BCUT2D eigenvalue weighted by Gasteiger charge is -2.16. The van der Waals surface area contributed by atoms with Crippen molar-refractivity contribution in [1.29, 1.82) is 0 Å². The zero-order valence-electron chi connectivity index (χ0n) is 11.3. The van der Waals surface area contributed by atoms with Gasteiger partial charge in [-0.05, 0) is 43.4 Å². The van der Waals surface area contributed by atoms with Crippen molar-refractivity contribution in [3.8, 4) is 11.1 Å². The SMILES string of the molecule is Fc1cccc(-c2cnn3c(Cl)c4c(nc23)CCCC4)c1. The molecule has 0 spiro atoms. The van der Waals surface area contributed by atoms with Crippen molar-refractivity contribution in [3.63, 3.8) is 0 Å². The summed E-state index contributed by atoms with van der Waals surface area (Å²) in [5.41, 5.74) is 4.43. The summed E-state index contributed by atoms with van der Waals surface area (Å²) in [4.78, 5) is 4.74. The molecule has 2 aromatic heterocycles. The molecule has 5 heteroatoms. The Bertz CT molecular complexity index is 841. The molecule has 1 aliphatic carbocycles. The number of rotatable bonds is 1. The molecule has 0 saturated carbocycles. The fourth-order valence-corrected chi connectivity index (χ4v) is 3.27. The molecule has 1 aliphatic rings. The van der Waals surface area contributed by atoms with E-state index in [1.54, 1.807) is 16.8 Å². The summed E-state index contributed by atoms with van der Waals surface area (Å²) in [6.45, 7) is 0. The van der Waals surface area contributed by atoms with Crippen LogP contribution >= 0.6 is 11.6 Å². The molecule has 1 aromatic carbocycles. The maximum absolute atomic E-state index is 13.4. The monoisotopic (exact) mass is 301 g/mol. The summed E-state index contributed by atoms with van der Waals surface area (Å²) in [6.07, 6.45) is 5.87. The van der Waals surface area contributed by atoms with Crippen molar-refractivity contribution in [2.45, 2.75) is 25.7 Å². The van der Waals surface area contributed by atoms with E-state index < -0.39 is 0 Å². The molecule has 0 unspecified atom stereocenters. The number of aromatic nitrogens is 3. The molecule has 0 bridgehead atoms. The predicted molar refractivity (Wildman–Crippen MR) is 80.0 cm³/mol. The van der Waals surface area contributed by atoms with E-state index in [4.69, 9.17) is 16.6 Å². The lowest BCUT2D eigenvalue weighted by molar-refractivity contribution is 0.628. The molecule has 0 fully saturated rings. The van der Waals surface area contributed by atoms with Gasteiger partial charge in [-0.15, -0.1) is 0 Å². The first-order chi connectivity index (χ1) is 10.2. The fraction of sp³-hybridized carbons (Fsp3) is 0.250. The van der Waals surface area contributed by atoms with Crippen LogP contribution in [0.5, 0.6) is 0 Å². The molecule has 106 valence electrons. The van der Waals surface area contributed by atoms with Crippen LogP contribution in [-0.2, 0) is 12.8 Å². The molecule has 0 radical (unpaired) electrons. The summed E-state index contributed by atoms with van der Waals surface area (Å²) in [6, 6.07) is 6.47. The van der Waals surface area contributed by atoms with Gasteiger partial charge in [0.15, 0.2) is 5.65 Å². The molecule has 0 N–H and O–H groups in total. The zero-order valence-corrected chi connectivity index (χ0v) is 12.1. The van der Waals surface area contributed by atoms with E-state index in [2.05, 4.69) is 5.10 Å². The zero-order chi connectivity index (χ0) is 14.4. The molecule has 3 nitrogen and oxygen atoms in total. The molecule has 2 heterocycles. The third kappa shape index (κ3) is 2.02. The Labute approximate surface area is 126 Å². The van der Waals surface area contributed by atoms with Crippen molar-refractivity contribution in [2.75, 3.05) is 0 Å². The number of halogens is 2. The van der Waals surface area contributed by atoms with Gasteiger partial charge in [-0.3, -0.25) is 0 Å². The molecule has 0 amide bonds. The molecule has 0 saturated heterocycles. The van der Waals surface area contributed by atoms with Crippen LogP contribution in [0.4, 0.5) is 4.39 Å². The number of nitrogens with zero attached hydrogens (tertiary/aromatic N) is 3. The largest absolute Gasteiger partial charge is 0.233 e. The average Bonchev–Trinajstić information content (AvgIpc) is 2.92. The van der Waals surface area contributed by atoms with Crippen LogP contribution in [0, 0.1) is 5.82 Å². The number of fused-ring (bicyclic) bond motifs is 2. The topological polar surface area (TPSA) is 30.2 Å². The van der Waals surface area contributed by atoms with Crippen LogP contribution in [0.25, 0.3) is 16.8 Å². The van der Waals surface area contributed by atoms with Crippen LogP contribution in [0.15, 0.2) is 30.5 Å². The van der Waals surface area contributed by atoms with Crippen LogP contribution < -0.4 is 0 Å². The minimum Gasteiger partial charge on any atom is -0.233 e. The molecule has 0 aliphatic heterocycles. The lowest BCUT2D eigenvalue weighted by atomic mass is 9.97. The molecular formula is C16H13ClFN3. The van der Waals surface area contributed by atoms with Crippen molar-refractivity contribution < 1.29 is 4.39 Å². The maximum atomic E-state index is 13.4. The Hall–Kier alpha value is -1.94. The van der Waals surface area contributed by atoms with Gasteiger partial charge in [0.25, 0.3) is 0 Å². The van der Waals surface area contributed by atoms with E-state index in [0.717, 1.165) is 48.1 Å². The van der Waals surface area contributed by atoms with Gasteiger partial charge in [0.1, 0.15) is 11.0 Å². The summed E-state index contributed by atoms with van der Waals surface area (Å²) >= 11 is 6.48. The van der Waals surface area contributed by atoms with Crippen LogP contribution in [0.2, 0.25) is 5.15 Å². The minimum absolute atomic E-state index is 0.268. The highest BCUT2D eigenvalue weighted by atomic mass is 35.5. The predicted octanol–water partition coefficient (Wildman–Crippen LogP) is 4.07. The Morgan fingerprint density at radius 1 is 1.19 bits per heavy atom. The number of hydrogen-bond acceptors (Lipinski definition) is 2. The van der Waals surface area contributed by atoms with E-state index in [0.29, 0.717) is 10.8 Å². The minimum atomic E-state index is -0.268. The van der Waals surface area contributed by atoms with E-state index in [1.165, 1.54) is 12.1 Å². The van der Waals surface area contributed by atoms with Crippen molar-refractivity contribution in [1.82, 2.24) is 14.6 Å². The Kier molecular flexibility index (Phi) is 2.93. The third-order valence-corrected chi connectivity index (χ3v) is 4.38. The second-order valence-electron chi connectivity index (χ2n) is 5.34. The van der Waals surface area contributed by atoms with Crippen LogP contribution in [-0.4, -0.2) is 14.6 Å². The molecule has 4 rings (SSSR count). The fourth-order valence-electron chi connectivity index (χ4n) is 2.94. The average molecular weight is 302 g/mol. The van der Waals surface area contributed by atoms with Crippen molar-refractivity contribution in [2.24, 2.45) is 0 Å². The second kappa shape index (κ2) is 4.81. The summed E-state index contributed by atoms with van der Waals surface area (Å²) in [5.74, 6) is -0.268. The van der Waals surface area contributed by atoms with Crippen LogP contribution in [0.1, 0.15) is 24.1 Å². The number of benzene rings is 1. The van der Waals surface area contributed by atoms with Gasteiger partial charge in [-0.25, -0.2) is 13.9 Å². The van der Waals surface area contributed by atoms with E-state index in [9.17, 15) is 4.39 Å². The van der Waals surface area contributed by atoms with Gasteiger partial charge in [-0.2, -0.15) is 5.10 Å². The van der Waals surface area contributed by atoms with Crippen LogP contribution in [0.3, 0.4) is 0 Å². The van der Waals surface area contributed by atoms with E-state index >= 15 is 0 Å². The summed E-state index contributed by atoms with van der Waals surface area (Å²) in [7, 11) is 0. The number of aryl methyl sites for hydroxylation is 1. The third-order valence-electron chi connectivity index (χ3n) is 3.99. The Balaban J connectivity index is 1.98. The van der Waals surface area contributed by atoms with Gasteiger partial charge >= 0.3 is 0 Å². The second-order valence-corrected chi connectivity index (χ2v) is 5.70. The Morgan fingerprint density at radius 3 is 2.90 bits per heavy atom. The van der Waals surface area contributed by atoms with Gasteiger partial charge in [0, 0.05) is 16.8 Å². The first-order valence-electron chi connectivity index (χ1n) is 7.05. The lowest BCUT2D eigenvalue weighted by Crippen LogP contribution is -2.10. The quantitative estimate of drug-likeness (QED) is 0.634. The molecule has 0 atom stereocenters. The van der Waals surface area contributed by atoms with Gasteiger partial charge in [0.05, 0.1) is 6.20 Å². The Morgan fingerprint density at radius 2 is 2.05 bits per heavy atom. The van der Waals surface area contributed by atoms with Crippen molar-refractivity contribution in [3.05, 3.63) is 52.7 Å².